The fraction of sp³-hybridized carbons (Fsp3) is 0. The molecule has 0 heterocycles. The summed E-state index contributed by atoms with van der Waals surface area (Å²) in [6, 6.07) is 0. The molecule has 0 aromatic rings. The van der Waals surface area contributed by atoms with Crippen molar-refractivity contribution in [1.82, 2.24) is 0 Å². The maximum Gasteiger partial charge on any atom is 2.00 e. The molecular weight excluding hydrogens is 142 g/mol. The zero-order valence-electron chi connectivity index (χ0n) is 5.13. The molecule has 0 radical (unpaired) electrons. The molecule has 0 saturated carbocycles. The summed E-state index contributed by atoms with van der Waals surface area (Å²) in [5.74, 6) is 0. The molecule has 0 aromatic heterocycles. The van der Waals surface area contributed by atoms with Gasteiger partial charge in [-0.2, -0.15) is 0 Å². The smallest absolute Gasteiger partial charge is 1.00 e. The minimum Gasteiger partial charge on any atom is -1.00 e. The van der Waals surface area contributed by atoms with Gasteiger partial charge in [-0.25, -0.2) is 0 Å². The predicted molar refractivity (Wildman–Crippen MR) is 33.9 cm³/mol. The molecule has 0 amide bonds. The second-order valence-corrected chi connectivity index (χ2v) is 0.346. The SMILES string of the molecule is O.OB(O)O.[AlH3].[Ca+2].[H-].[H-]. The van der Waals surface area contributed by atoms with Gasteiger partial charge in [-0.15, -0.1) is 0 Å². The van der Waals surface area contributed by atoms with E-state index in [-0.39, 0.29) is 63.4 Å². The summed E-state index contributed by atoms with van der Waals surface area (Å²) in [5.41, 5.74) is 0. The van der Waals surface area contributed by atoms with Crippen molar-refractivity contribution in [2.24, 2.45) is 0 Å². The van der Waals surface area contributed by atoms with Crippen molar-refractivity contribution in [3.05, 3.63) is 0 Å². The molecule has 0 rings (SSSR count). The van der Waals surface area contributed by atoms with E-state index in [0.717, 1.165) is 0 Å². The Kier molecular flexibility index (Phi) is 52.2. The van der Waals surface area contributed by atoms with Gasteiger partial charge in [-0.1, -0.05) is 0 Å². The van der Waals surface area contributed by atoms with Crippen LogP contribution in [0, 0.1) is 0 Å². The third-order valence-corrected chi connectivity index (χ3v) is 0. The van der Waals surface area contributed by atoms with Crippen LogP contribution >= 0.6 is 0 Å². The van der Waals surface area contributed by atoms with Crippen molar-refractivity contribution in [2.45, 2.75) is 0 Å². The van der Waals surface area contributed by atoms with Crippen LogP contribution in [0.25, 0.3) is 0 Å². The normalized spacial score (nSPS) is 3.86. The maximum atomic E-state index is 7.17. The van der Waals surface area contributed by atoms with Crippen LogP contribution in [0.15, 0.2) is 0 Å². The Hall–Kier alpha value is 1.70. The Balaban J connectivity index is -0.00000000450. The molecule has 0 aromatic carbocycles. The van der Waals surface area contributed by atoms with E-state index in [1.54, 1.807) is 0 Å². The molecule has 0 aliphatic rings. The van der Waals surface area contributed by atoms with Crippen molar-refractivity contribution in [3.63, 3.8) is 0 Å². The van der Waals surface area contributed by atoms with Gasteiger partial charge in [-0.3, -0.25) is 0 Å². The van der Waals surface area contributed by atoms with Crippen LogP contribution in [-0.2, 0) is 0 Å². The Morgan fingerprint density at radius 2 is 1.14 bits per heavy atom. The molecule has 0 fully saturated rings. The van der Waals surface area contributed by atoms with Crippen LogP contribution in [0.3, 0.4) is 0 Å². The third-order valence-electron chi connectivity index (χ3n) is 0. The first-order chi connectivity index (χ1) is 1.73. The minimum absolute atomic E-state index is 0. The number of hydrogen-bond acceptors (Lipinski definition) is 3. The summed E-state index contributed by atoms with van der Waals surface area (Å²) in [7, 11) is -2.17. The maximum absolute atomic E-state index is 7.17. The van der Waals surface area contributed by atoms with Gasteiger partial charge >= 0.3 is 45.1 Å². The minimum atomic E-state index is -2.17. The molecule has 5 N–H and O–H groups in total. The average molecular weight is 152 g/mol. The van der Waals surface area contributed by atoms with Gasteiger partial charge in [0.05, 0.1) is 0 Å². The average Bonchev–Trinajstić information content (AvgIpc) is 0.811. The van der Waals surface area contributed by atoms with E-state index >= 15 is 0 Å². The van der Waals surface area contributed by atoms with Gasteiger partial charge in [0.1, 0.15) is 0 Å². The molecule has 0 aliphatic heterocycles. The first-order valence-corrected chi connectivity index (χ1v) is 0.775. The van der Waals surface area contributed by atoms with Crippen LogP contribution in [0.2, 0.25) is 0 Å². The first-order valence-electron chi connectivity index (χ1n) is 0.775. The van der Waals surface area contributed by atoms with E-state index in [2.05, 4.69) is 0 Å². The molecule has 42 valence electrons. The monoisotopic (exact) mass is 152 g/mol. The summed E-state index contributed by atoms with van der Waals surface area (Å²) in [6.45, 7) is 0. The van der Waals surface area contributed by atoms with E-state index in [1.165, 1.54) is 0 Å². The van der Waals surface area contributed by atoms with Gasteiger partial charge in [0.25, 0.3) is 0 Å². The molecule has 0 atom stereocenters. The summed E-state index contributed by atoms with van der Waals surface area (Å²) in [5, 5.41) is 21.5. The Bertz CT molecular complexity index is 23.3. The summed E-state index contributed by atoms with van der Waals surface area (Å²) >= 11 is 0. The summed E-state index contributed by atoms with van der Waals surface area (Å²) in [6.07, 6.45) is 0. The van der Waals surface area contributed by atoms with Crippen molar-refractivity contribution >= 4 is 62.4 Å². The first kappa shape index (κ1) is 23.4. The Morgan fingerprint density at radius 3 is 1.14 bits per heavy atom. The molecular formula is H10AlBCaO4. The van der Waals surface area contributed by atoms with Gasteiger partial charge < -0.3 is 23.4 Å². The fourth-order valence-corrected chi connectivity index (χ4v) is 0. The molecule has 0 unspecified atom stereocenters. The molecule has 7 heteroatoms. The van der Waals surface area contributed by atoms with E-state index in [1.807, 2.05) is 0 Å². The quantitative estimate of drug-likeness (QED) is 0.307. The molecule has 4 nitrogen and oxygen atoms in total. The Morgan fingerprint density at radius 1 is 1.14 bits per heavy atom. The molecule has 7 heavy (non-hydrogen) atoms. The van der Waals surface area contributed by atoms with Crippen LogP contribution in [0.5, 0.6) is 0 Å². The van der Waals surface area contributed by atoms with Crippen molar-refractivity contribution in [1.29, 1.82) is 0 Å². The topological polar surface area (TPSA) is 92.2 Å². The van der Waals surface area contributed by atoms with E-state index < -0.39 is 7.32 Å². The van der Waals surface area contributed by atoms with E-state index in [9.17, 15) is 0 Å². The molecule has 0 bridgehead atoms. The molecule has 0 spiro atoms. The van der Waals surface area contributed by atoms with Crippen molar-refractivity contribution < 1.29 is 23.4 Å². The van der Waals surface area contributed by atoms with Crippen LogP contribution in [0.1, 0.15) is 2.85 Å². The number of rotatable bonds is 0. The zero-order chi connectivity index (χ0) is 3.58. The second-order valence-electron chi connectivity index (χ2n) is 0.346. The third kappa shape index (κ3) is 86.7. The number of hydrogen-bond donors (Lipinski definition) is 3. The Labute approximate surface area is 85.1 Å². The zero-order valence-corrected chi connectivity index (χ0v) is 5.33. The second kappa shape index (κ2) is 15.6. The van der Waals surface area contributed by atoms with E-state index in [4.69, 9.17) is 15.1 Å². The standard InChI is InChI=1S/Al.BH3O3.Ca.H2O.5H/c;2-1(3)4;;;;;;;/h;2-4H;;1H2;;;;;/q;;+2;;;;;2*-1. The van der Waals surface area contributed by atoms with Gasteiger partial charge in [0.2, 0.25) is 0 Å². The molecule has 0 saturated heterocycles. The van der Waals surface area contributed by atoms with Crippen LogP contribution < -0.4 is 0 Å². The van der Waals surface area contributed by atoms with Crippen molar-refractivity contribution in [2.75, 3.05) is 0 Å². The molecule has 0 aliphatic carbocycles. The van der Waals surface area contributed by atoms with E-state index in [0.29, 0.717) is 0 Å². The predicted octanol–water partition coefficient (Wildman–Crippen LogP) is -4.22. The summed E-state index contributed by atoms with van der Waals surface area (Å²) < 4.78 is 0. The van der Waals surface area contributed by atoms with Crippen molar-refractivity contribution in [3.8, 4) is 0 Å². The van der Waals surface area contributed by atoms with Gasteiger partial charge in [-0.05, 0) is 0 Å². The summed E-state index contributed by atoms with van der Waals surface area (Å²) in [4.78, 5) is 0. The fourth-order valence-electron chi connectivity index (χ4n) is 0. The largest absolute Gasteiger partial charge is 2.00 e. The van der Waals surface area contributed by atoms with Crippen LogP contribution in [0.4, 0.5) is 0 Å². The van der Waals surface area contributed by atoms with Gasteiger partial charge in [0, 0.05) is 0 Å². The van der Waals surface area contributed by atoms with Crippen LogP contribution in [-0.4, -0.2) is 83.0 Å². The van der Waals surface area contributed by atoms with Gasteiger partial charge in [0.15, 0.2) is 17.4 Å².